The zero-order valence-corrected chi connectivity index (χ0v) is 12.0. The molecule has 3 rings (SSSR count). The first-order valence-electron chi connectivity index (χ1n) is 6.89. The summed E-state index contributed by atoms with van der Waals surface area (Å²) in [4.78, 5) is 26.1. The van der Waals surface area contributed by atoms with Crippen LogP contribution in [0.4, 0.5) is 0 Å². The van der Waals surface area contributed by atoms with Gasteiger partial charge >= 0.3 is 11.9 Å². The minimum Gasteiger partial charge on any atom is -0.478 e. The maximum atomic E-state index is 11.2. The van der Waals surface area contributed by atoms with Crippen LogP contribution in [-0.4, -0.2) is 27.1 Å². The molecule has 0 radical (unpaired) electrons. The van der Waals surface area contributed by atoms with Gasteiger partial charge in [0.1, 0.15) is 0 Å². The highest BCUT2D eigenvalue weighted by molar-refractivity contribution is 6.00. The van der Waals surface area contributed by atoms with Crippen LogP contribution in [0.5, 0.6) is 0 Å². The molecule has 0 aliphatic carbocycles. The van der Waals surface area contributed by atoms with E-state index in [0.29, 0.717) is 12.1 Å². The number of hydrogen-bond acceptors (Lipinski definition) is 3. The van der Waals surface area contributed by atoms with Gasteiger partial charge in [-0.1, -0.05) is 12.1 Å². The third-order valence-electron chi connectivity index (χ3n) is 3.52. The van der Waals surface area contributed by atoms with E-state index in [1.165, 1.54) is 12.3 Å². The molecule has 0 amide bonds. The van der Waals surface area contributed by atoms with E-state index >= 15 is 0 Å². The highest BCUT2D eigenvalue weighted by Gasteiger charge is 2.19. The van der Waals surface area contributed by atoms with Crippen molar-refractivity contribution in [3.8, 4) is 0 Å². The second kappa shape index (κ2) is 5.84. The maximum absolute atomic E-state index is 11.2. The molecule has 0 bridgehead atoms. The molecule has 0 atom stereocenters. The van der Waals surface area contributed by atoms with Crippen LogP contribution >= 0.6 is 0 Å². The van der Waals surface area contributed by atoms with Crippen molar-refractivity contribution in [3.05, 3.63) is 71.7 Å². The number of aromatic nitrogens is 2. The molecule has 0 saturated carbocycles. The number of fused-ring (bicyclic) bond motifs is 1. The van der Waals surface area contributed by atoms with Crippen LogP contribution in [0.1, 0.15) is 26.4 Å². The third-order valence-corrected chi connectivity index (χ3v) is 3.52. The monoisotopic (exact) mass is 309 g/mol. The number of carboxylic acid groups (broad SMARTS) is 2. The molecule has 2 aromatic heterocycles. The molecule has 114 valence electrons. The number of pyridine rings is 2. The Morgan fingerprint density at radius 2 is 1.78 bits per heavy atom. The fourth-order valence-corrected chi connectivity index (χ4v) is 2.48. The molecule has 0 unspecified atom stereocenters. The fraction of sp³-hybridized carbons (Fsp3) is 0.0588. The van der Waals surface area contributed by atoms with Crippen molar-refractivity contribution < 1.29 is 24.4 Å². The molecule has 6 heteroatoms. The van der Waals surface area contributed by atoms with Gasteiger partial charge in [-0.2, -0.15) is 4.57 Å². The first kappa shape index (κ1) is 14.6. The van der Waals surface area contributed by atoms with Gasteiger partial charge in [0.25, 0.3) is 0 Å². The summed E-state index contributed by atoms with van der Waals surface area (Å²) < 4.78 is 1.96. The number of rotatable bonds is 4. The predicted octanol–water partition coefficient (Wildman–Crippen LogP) is 1.97. The molecule has 0 aliphatic heterocycles. The van der Waals surface area contributed by atoms with Gasteiger partial charge in [0.2, 0.25) is 5.52 Å². The number of benzene rings is 1. The summed E-state index contributed by atoms with van der Waals surface area (Å²) in [5.41, 5.74) is 0.850. The van der Waals surface area contributed by atoms with Crippen molar-refractivity contribution in [2.45, 2.75) is 6.54 Å². The van der Waals surface area contributed by atoms with E-state index in [1.807, 2.05) is 47.2 Å². The molecular formula is C17H13N2O4+. The van der Waals surface area contributed by atoms with Crippen molar-refractivity contribution >= 4 is 22.8 Å². The fourth-order valence-electron chi connectivity index (χ4n) is 2.48. The van der Waals surface area contributed by atoms with E-state index in [4.69, 9.17) is 10.2 Å². The normalized spacial score (nSPS) is 10.6. The minimum atomic E-state index is -1.35. The lowest BCUT2D eigenvalue weighted by atomic mass is 10.1. The largest absolute Gasteiger partial charge is 0.478 e. The Hall–Kier alpha value is -3.28. The van der Waals surface area contributed by atoms with Crippen molar-refractivity contribution in [3.63, 3.8) is 0 Å². The summed E-state index contributed by atoms with van der Waals surface area (Å²) in [5, 5.41) is 19.2. The molecule has 0 aliphatic rings. The van der Waals surface area contributed by atoms with Crippen molar-refractivity contribution in [1.82, 2.24) is 4.98 Å². The number of carboxylic acids is 2. The Bertz CT molecular complexity index is 916. The SMILES string of the molecule is O=C(O)c1cc(C[n+]2cccc3ccccc32)cnc1C(=O)O. The van der Waals surface area contributed by atoms with Gasteiger partial charge < -0.3 is 10.2 Å². The average Bonchev–Trinajstić information content (AvgIpc) is 2.55. The first-order valence-corrected chi connectivity index (χ1v) is 6.89. The molecule has 3 aromatic rings. The zero-order valence-electron chi connectivity index (χ0n) is 12.0. The molecule has 0 saturated heterocycles. The average molecular weight is 309 g/mol. The van der Waals surface area contributed by atoms with Crippen LogP contribution in [0, 0.1) is 0 Å². The Kier molecular flexibility index (Phi) is 3.72. The summed E-state index contributed by atoms with van der Waals surface area (Å²) in [6, 6.07) is 13.1. The summed E-state index contributed by atoms with van der Waals surface area (Å²) in [7, 11) is 0. The summed E-state index contributed by atoms with van der Waals surface area (Å²) in [5.74, 6) is -2.66. The molecule has 1 aromatic carbocycles. The van der Waals surface area contributed by atoms with Crippen LogP contribution in [0.15, 0.2) is 54.9 Å². The lowest BCUT2D eigenvalue weighted by Gasteiger charge is -2.04. The molecule has 6 nitrogen and oxygen atoms in total. The van der Waals surface area contributed by atoms with E-state index in [0.717, 1.165) is 10.9 Å². The number of carbonyl (C=O) groups is 2. The van der Waals surface area contributed by atoms with Crippen LogP contribution in [-0.2, 0) is 6.54 Å². The van der Waals surface area contributed by atoms with Crippen molar-refractivity contribution in [2.75, 3.05) is 0 Å². The van der Waals surface area contributed by atoms with Gasteiger partial charge in [0.15, 0.2) is 18.4 Å². The van der Waals surface area contributed by atoms with E-state index < -0.39 is 17.6 Å². The molecule has 0 spiro atoms. The number of hydrogen-bond donors (Lipinski definition) is 2. The van der Waals surface area contributed by atoms with Crippen LogP contribution < -0.4 is 4.57 Å². The lowest BCUT2D eigenvalue weighted by molar-refractivity contribution is -0.662. The number of aromatic carboxylic acids is 2. The Balaban J connectivity index is 2.04. The van der Waals surface area contributed by atoms with Crippen molar-refractivity contribution in [2.24, 2.45) is 0 Å². The minimum absolute atomic E-state index is 0.309. The molecular weight excluding hydrogens is 296 g/mol. The van der Waals surface area contributed by atoms with Gasteiger partial charge in [0, 0.05) is 29.3 Å². The van der Waals surface area contributed by atoms with Crippen LogP contribution in [0.3, 0.4) is 0 Å². The maximum Gasteiger partial charge on any atom is 0.355 e. The van der Waals surface area contributed by atoms with Crippen molar-refractivity contribution in [1.29, 1.82) is 0 Å². The summed E-state index contributed by atoms with van der Waals surface area (Å²) in [6.07, 6.45) is 3.28. The van der Waals surface area contributed by atoms with E-state index in [2.05, 4.69) is 4.98 Å². The van der Waals surface area contributed by atoms with Crippen LogP contribution in [0.25, 0.3) is 10.9 Å². The highest BCUT2D eigenvalue weighted by Crippen LogP contribution is 2.12. The smallest absolute Gasteiger partial charge is 0.355 e. The molecule has 0 fully saturated rings. The molecule has 2 heterocycles. The first-order chi connectivity index (χ1) is 11.1. The third kappa shape index (κ3) is 2.87. The molecule has 2 N–H and O–H groups in total. The Labute approximate surface area is 131 Å². The highest BCUT2D eigenvalue weighted by atomic mass is 16.4. The number of nitrogens with zero attached hydrogens (tertiary/aromatic N) is 2. The standard InChI is InChI=1S/C17H12N2O4/c20-16(21)13-8-11(9-18-15(13)17(22)23)10-19-7-3-5-12-4-1-2-6-14(12)19/h1-9H,10H2,(H-,20,21,22,23)/p+1. The molecule has 23 heavy (non-hydrogen) atoms. The van der Waals surface area contributed by atoms with E-state index in [1.54, 1.807) is 0 Å². The van der Waals surface area contributed by atoms with Gasteiger partial charge in [-0.15, -0.1) is 0 Å². The van der Waals surface area contributed by atoms with Gasteiger partial charge in [0.05, 0.1) is 5.56 Å². The lowest BCUT2D eigenvalue weighted by Crippen LogP contribution is -2.34. The summed E-state index contributed by atoms with van der Waals surface area (Å²) in [6.45, 7) is 0.397. The van der Waals surface area contributed by atoms with Gasteiger partial charge in [-0.05, 0) is 18.2 Å². The Morgan fingerprint density at radius 1 is 1.04 bits per heavy atom. The topological polar surface area (TPSA) is 91.4 Å². The van der Waals surface area contributed by atoms with Crippen LogP contribution in [0.2, 0.25) is 0 Å². The Morgan fingerprint density at radius 3 is 2.52 bits per heavy atom. The van der Waals surface area contributed by atoms with E-state index in [-0.39, 0.29) is 5.56 Å². The second-order valence-electron chi connectivity index (χ2n) is 5.04. The van der Waals surface area contributed by atoms with Gasteiger partial charge in [-0.25, -0.2) is 14.6 Å². The quantitative estimate of drug-likeness (QED) is 0.719. The summed E-state index contributed by atoms with van der Waals surface area (Å²) >= 11 is 0. The number of para-hydroxylation sites is 1. The van der Waals surface area contributed by atoms with E-state index in [9.17, 15) is 9.59 Å². The van der Waals surface area contributed by atoms with Gasteiger partial charge in [-0.3, -0.25) is 0 Å². The predicted molar refractivity (Wildman–Crippen MR) is 81.4 cm³/mol. The zero-order chi connectivity index (χ0) is 16.4. The second-order valence-corrected chi connectivity index (χ2v) is 5.04.